The van der Waals surface area contributed by atoms with Gasteiger partial charge < -0.3 is 10.0 Å². The van der Waals surface area contributed by atoms with Gasteiger partial charge in [-0.05, 0) is 31.4 Å². The number of rotatable bonds is 1. The summed E-state index contributed by atoms with van der Waals surface area (Å²) in [6, 6.07) is -0.416. The lowest BCUT2D eigenvalue weighted by Gasteiger charge is -2.45. The van der Waals surface area contributed by atoms with Gasteiger partial charge in [-0.1, -0.05) is 11.6 Å². The van der Waals surface area contributed by atoms with Gasteiger partial charge in [-0.25, -0.2) is 19.2 Å². The summed E-state index contributed by atoms with van der Waals surface area (Å²) in [6.07, 6.45) is 2.07. The largest absolute Gasteiger partial charge is 0.465 e. The molecule has 3 atom stereocenters. The number of carboxylic acid groups (broad SMARTS) is 1. The molecule has 4 rings (SSSR count). The van der Waals surface area contributed by atoms with Crippen molar-refractivity contribution in [2.75, 3.05) is 11.4 Å². The predicted octanol–water partition coefficient (Wildman–Crippen LogP) is 3.19. The fraction of sp³-hybridized carbons (Fsp3) is 0.467. The molecule has 0 saturated carbocycles. The topological polar surface area (TPSA) is 82.5 Å². The minimum absolute atomic E-state index is 0.00945. The third kappa shape index (κ3) is 2.46. The third-order valence-corrected chi connectivity index (χ3v) is 5.52. The highest BCUT2D eigenvalue weighted by molar-refractivity contribution is 6.30. The zero-order chi connectivity index (χ0) is 17.9. The Morgan fingerprint density at radius 1 is 1.36 bits per heavy atom. The molecule has 2 aliphatic heterocycles. The maximum atomic E-state index is 14.3. The zero-order valence-corrected chi connectivity index (χ0v) is 14.7. The van der Waals surface area contributed by atoms with Crippen molar-refractivity contribution in [3.8, 4) is 0 Å². The van der Waals surface area contributed by atoms with Crippen LogP contribution < -0.4 is 4.90 Å². The Balaban J connectivity index is 1.83. The lowest BCUT2D eigenvalue weighted by Crippen LogP contribution is -2.60. The van der Waals surface area contributed by atoms with Crippen LogP contribution in [0.1, 0.15) is 19.8 Å². The second kappa shape index (κ2) is 5.81. The van der Waals surface area contributed by atoms with E-state index in [1.54, 1.807) is 0 Å². The summed E-state index contributed by atoms with van der Waals surface area (Å²) in [7, 11) is 0. The first-order valence-corrected chi connectivity index (χ1v) is 8.59. The molecular formula is C15H14Cl2FN5O2. The molecule has 0 radical (unpaired) electrons. The average Bonchev–Trinajstić information content (AvgIpc) is 2.92. The highest BCUT2D eigenvalue weighted by Gasteiger charge is 2.47. The summed E-state index contributed by atoms with van der Waals surface area (Å²) in [5, 5.41) is 9.49. The molecule has 3 unspecified atom stereocenters. The highest BCUT2D eigenvalue weighted by Crippen LogP contribution is 2.38. The van der Waals surface area contributed by atoms with E-state index in [0.717, 1.165) is 12.8 Å². The number of pyridine rings is 1. The molecule has 4 heterocycles. The number of hydrogen-bond donors (Lipinski definition) is 1. The van der Waals surface area contributed by atoms with E-state index in [0.29, 0.717) is 17.7 Å². The molecule has 2 saturated heterocycles. The van der Waals surface area contributed by atoms with Crippen molar-refractivity contribution in [3.63, 3.8) is 0 Å². The third-order valence-electron chi connectivity index (χ3n) is 5.09. The first-order chi connectivity index (χ1) is 11.9. The number of anilines is 1. The van der Waals surface area contributed by atoms with E-state index in [1.165, 1.54) is 11.1 Å². The van der Waals surface area contributed by atoms with Crippen molar-refractivity contribution >= 4 is 46.0 Å². The monoisotopic (exact) mass is 385 g/mol. The molecule has 0 aliphatic carbocycles. The number of carbonyl (C=O) groups is 1. The number of halogens is 3. The van der Waals surface area contributed by atoms with Gasteiger partial charge in [0.05, 0.1) is 17.5 Å². The molecule has 2 fully saturated rings. The van der Waals surface area contributed by atoms with Crippen LogP contribution in [0.2, 0.25) is 10.4 Å². The number of fused-ring (bicyclic) bond motifs is 3. The first-order valence-electron chi connectivity index (χ1n) is 7.83. The summed E-state index contributed by atoms with van der Waals surface area (Å²) in [5.74, 6) is -0.294. The smallest absolute Gasteiger partial charge is 0.407 e. The lowest BCUT2D eigenvalue weighted by atomic mass is 10.0. The normalized spacial score (nSPS) is 25.7. The van der Waals surface area contributed by atoms with Crippen LogP contribution in [0.15, 0.2) is 6.20 Å². The summed E-state index contributed by atoms with van der Waals surface area (Å²) in [5.41, 5.74) is 0.00945. The van der Waals surface area contributed by atoms with Gasteiger partial charge in [-0.3, -0.25) is 4.90 Å². The second-order valence-corrected chi connectivity index (χ2v) is 7.02. The Morgan fingerprint density at radius 2 is 2.12 bits per heavy atom. The lowest BCUT2D eigenvalue weighted by molar-refractivity contribution is 0.103. The van der Waals surface area contributed by atoms with Crippen molar-refractivity contribution in [1.29, 1.82) is 0 Å². The van der Waals surface area contributed by atoms with Gasteiger partial charge in [0.1, 0.15) is 11.3 Å². The van der Waals surface area contributed by atoms with Crippen LogP contribution in [0.4, 0.5) is 15.0 Å². The minimum atomic E-state index is -0.913. The Hall–Kier alpha value is -1.93. The van der Waals surface area contributed by atoms with E-state index in [1.807, 2.05) is 11.8 Å². The van der Waals surface area contributed by atoms with Gasteiger partial charge in [0.25, 0.3) is 0 Å². The fourth-order valence-corrected chi connectivity index (χ4v) is 4.26. The molecule has 2 aromatic heterocycles. The van der Waals surface area contributed by atoms with Crippen LogP contribution in [0.3, 0.4) is 0 Å². The van der Waals surface area contributed by atoms with Gasteiger partial charge >= 0.3 is 6.09 Å². The minimum Gasteiger partial charge on any atom is -0.465 e. The zero-order valence-electron chi connectivity index (χ0n) is 13.2. The maximum absolute atomic E-state index is 14.3. The molecule has 132 valence electrons. The highest BCUT2D eigenvalue weighted by atomic mass is 35.5. The van der Waals surface area contributed by atoms with E-state index in [9.17, 15) is 14.3 Å². The number of aromatic nitrogens is 3. The van der Waals surface area contributed by atoms with E-state index < -0.39 is 11.9 Å². The quantitative estimate of drug-likeness (QED) is 0.599. The standard InChI is InChI=1S/C15H14Cl2FN5O2/c1-6-9-3-2-7(23(9)15(24)25)5-22(6)13-8-4-19-12(16)10(18)11(8)20-14(17)21-13/h4,6-7,9H,2-3,5H2,1H3,(H,24,25). The molecule has 7 nitrogen and oxygen atoms in total. The summed E-state index contributed by atoms with van der Waals surface area (Å²) < 4.78 is 14.3. The molecule has 1 N–H and O–H groups in total. The maximum Gasteiger partial charge on any atom is 0.407 e. The SMILES string of the molecule is CC1C2CCC(CN1c1nc(Cl)nc3c(F)c(Cl)ncc13)N2C(=O)O. The second-order valence-electron chi connectivity index (χ2n) is 6.32. The van der Waals surface area contributed by atoms with E-state index in [2.05, 4.69) is 15.0 Å². The molecule has 2 aliphatic rings. The summed E-state index contributed by atoms with van der Waals surface area (Å²) in [4.78, 5) is 27.1. The Kier molecular flexibility index (Phi) is 3.84. The van der Waals surface area contributed by atoms with Crippen molar-refractivity contribution in [2.24, 2.45) is 0 Å². The number of hydrogen-bond acceptors (Lipinski definition) is 5. The first kappa shape index (κ1) is 16.5. The predicted molar refractivity (Wildman–Crippen MR) is 90.8 cm³/mol. The Bertz CT molecular complexity index is 883. The van der Waals surface area contributed by atoms with Gasteiger partial charge in [0, 0.05) is 18.8 Å². The van der Waals surface area contributed by atoms with Crippen LogP contribution in [-0.4, -0.2) is 55.7 Å². The molecule has 1 amide bonds. The fourth-order valence-electron chi connectivity index (χ4n) is 3.96. The van der Waals surface area contributed by atoms with Crippen molar-refractivity contribution in [3.05, 3.63) is 22.5 Å². The van der Waals surface area contributed by atoms with Crippen molar-refractivity contribution in [2.45, 2.75) is 37.9 Å². The van der Waals surface area contributed by atoms with E-state index >= 15 is 0 Å². The van der Waals surface area contributed by atoms with Crippen molar-refractivity contribution < 1.29 is 14.3 Å². The number of piperazine rings is 1. The molecule has 2 aromatic rings. The number of amides is 1. The molecule has 0 aromatic carbocycles. The van der Waals surface area contributed by atoms with Gasteiger partial charge in [-0.15, -0.1) is 0 Å². The van der Waals surface area contributed by atoms with Gasteiger partial charge in [0.2, 0.25) is 5.28 Å². The molecule has 0 spiro atoms. The van der Waals surface area contributed by atoms with Gasteiger partial charge in [0.15, 0.2) is 11.0 Å². The Morgan fingerprint density at radius 3 is 2.84 bits per heavy atom. The van der Waals surface area contributed by atoms with E-state index in [4.69, 9.17) is 23.2 Å². The molecule has 25 heavy (non-hydrogen) atoms. The van der Waals surface area contributed by atoms with Crippen molar-refractivity contribution in [1.82, 2.24) is 19.9 Å². The molecule has 2 bridgehead atoms. The molecule has 10 heteroatoms. The van der Waals surface area contributed by atoms with Crippen LogP contribution in [0, 0.1) is 5.82 Å². The average molecular weight is 386 g/mol. The molecular weight excluding hydrogens is 372 g/mol. The van der Waals surface area contributed by atoms with Crippen LogP contribution in [0.5, 0.6) is 0 Å². The Labute approximate surface area is 152 Å². The summed E-state index contributed by atoms with van der Waals surface area (Å²) >= 11 is 11.7. The van der Waals surface area contributed by atoms with Crippen LogP contribution in [0.25, 0.3) is 10.9 Å². The summed E-state index contributed by atoms with van der Waals surface area (Å²) in [6.45, 7) is 2.39. The van der Waals surface area contributed by atoms with E-state index in [-0.39, 0.29) is 34.1 Å². The van der Waals surface area contributed by atoms with Crippen LogP contribution >= 0.6 is 23.2 Å². The van der Waals surface area contributed by atoms with Crippen LogP contribution in [-0.2, 0) is 0 Å². The van der Waals surface area contributed by atoms with Gasteiger partial charge in [-0.2, -0.15) is 4.98 Å². The number of nitrogens with zero attached hydrogens (tertiary/aromatic N) is 5.